The van der Waals surface area contributed by atoms with Crippen LogP contribution in [0.3, 0.4) is 0 Å². The summed E-state index contributed by atoms with van der Waals surface area (Å²) in [6.45, 7) is 4.47. The summed E-state index contributed by atoms with van der Waals surface area (Å²) in [5.41, 5.74) is 1.13. The normalized spacial score (nSPS) is 14.6. The van der Waals surface area contributed by atoms with Gasteiger partial charge in [0.25, 0.3) is 0 Å². The van der Waals surface area contributed by atoms with Gasteiger partial charge in [0.1, 0.15) is 0 Å². The van der Waals surface area contributed by atoms with Crippen LogP contribution in [0.1, 0.15) is 31.7 Å². The van der Waals surface area contributed by atoms with E-state index < -0.39 is 0 Å². The van der Waals surface area contributed by atoms with Crippen molar-refractivity contribution in [3.05, 3.63) is 23.8 Å². The van der Waals surface area contributed by atoms with Gasteiger partial charge in [0.05, 0.1) is 0 Å². The maximum absolute atomic E-state index is 9.04. The van der Waals surface area contributed by atoms with Crippen molar-refractivity contribution in [2.45, 2.75) is 32.7 Å². The van der Waals surface area contributed by atoms with E-state index >= 15 is 0 Å². The molecule has 0 saturated carbocycles. The first kappa shape index (κ1) is 14.2. The molecule has 0 saturated heterocycles. The Labute approximate surface area is 114 Å². The van der Waals surface area contributed by atoms with Gasteiger partial charge in [-0.05, 0) is 31.4 Å². The molecule has 2 rings (SSSR count). The van der Waals surface area contributed by atoms with Crippen LogP contribution in [0.4, 0.5) is 0 Å². The third kappa shape index (κ3) is 3.85. The number of hydrogen-bond donors (Lipinski definition) is 2. The summed E-state index contributed by atoms with van der Waals surface area (Å²) >= 11 is 0. The smallest absolute Gasteiger partial charge is 0.231 e. The molecule has 19 heavy (non-hydrogen) atoms. The SMILES string of the molecule is CCCC(CCO)CNCc1cccc2c1OCO2. The predicted octanol–water partition coefficient (Wildman–Crippen LogP) is 2.30. The topological polar surface area (TPSA) is 50.7 Å². The fraction of sp³-hybridized carbons (Fsp3) is 0.600. The second-order valence-corrected chi connectivity index (χ2v) is 4.95. The molecule has 106 valence electrons. The standard InChI is InChI=1S/C15H23NO3/c1-2-4-12(7-8-17)9-16-10-13-5-3-6-14-15(13)19-11-18-14/h3,5-6,12,16-17H,2,4,7-11H2,1H3. The van der Waals surface area contributed by atoms with E-state index in [-0.39, 0.29) is 6.61 Å². The van der Waals surface area contributed by atoms with Crippen LogP contribution >= 0.6 is 0 Å². The molecule has 1 heterocycles. The highest BCUT2D eigenvalue weighted by atomic mass is 16.7. The zero-order valence-electron chi connectivity index (χ0n) is 11.5. The van der Waals surface area contributed by atoms with Crippen LogP contribution in [0.5, 0.6) is 11.5 Å². The molecule has 4 nitrogen and oxygen atoms in total. The van der Waals surface area contributed by atoms with Gasteiger partial charge >= 0.3 is 0 Å². The van der Waals surface area contributed by atoms with E-state index in [0.717, 1.165) is 49.4 Å². The third-order valence-electron chi connectivity index (χ3n) is 3.46. The van der Waals surface area contributed by atoms with E-state index in [9.17, 15) is 0 Å². The third-order valence-corrected chi connectivity index (χ3v) is 3.46. The molecule has 0 fully saturated rings. The summed E-state index contributed by atoms with van der Waals surface area (Å²) in [6.07, 6.45) is 3.18. The molecule has 0 spiro atoms. The van der Waals surface area contributed by atoms with Crippen molar-refractivity contribution < 1.29 is 14.6 Å². The van der Waals surface area contributed by atoms with Crippen LogP contribution in [-0.4, -0.2) is 25.1 Å². The van der Waals surface area contributed by atoms with E-state index in [1.165, 1.54) is 0 Å². The lowest BCUT2D eigenvalue weighted by Crippen LogP contribution is -2.23. The molecule has 1 atom stereocenters. The Morgan fingerprint density at radius 2 is 2.21 bits per heavy atom. The summed E-state index contributed by atoms with van der Waals surface area (Å²) in [5.74, 6) is 2.24. The van der Waals surface area contributed by atoms with E-state index in [1.54, 1.807) is 0 Å². The monoisotopic (exact) mass is 265 g/mol. The molecule has 1 aliphatic heterocycles. The van der Waals surface area contributed by atoms with Crippen LogP contribution in [0.15, 0.2) is 18.2 Å². The number of ether oxygens (including phenoxy) is 2. The average Bonchev–Trinajstić information content (AvgIpc) is 2.88. The molecule has 0 aliphatic carbocycles. The van der Waals surface area contributed by atoms with E-state index in [0.29, 0.717) is 12.7 Å². The Morgan fingerprint density at radius 1 is 1.32 bits per heavy atom. The summed E-state index contributed by atoms with van der Waals surface area (Å²) in [7, 11) is 0. The molecule has 0 bridgehead atoms. The largest absolute Gasteiger partial charge is 0.454 e. The summed E-state index contributed by atoms with van der Waals surface area (Å²) in [6, 6.07) is 5.97. The Balaban J connectivity index is 1.83. The summed E-state index contributed by atoms with van der Waals surface area (Å²) in [4.78, 5) is 0. The molecular weight excluding hydrogens is 242 g/mol. The summed E-state index contributed by atoms with van der Waals surface area (Å²) in [5, 5.41) is 12.5. The van der Waals surface area contributed by atoms with E-state index in [2.05, 4.69) is 18.3 Å². The van der Waals surface area contributed by atoms with Gasteiger partial charge in [-0.2, -0.15) is 0 Å². The van der Waals surface area contributed by atoms with Crippen molar-refractivity contribution >= 4 is 0 Å². The van der Waals surface area contributed by atoms with Gasteiger partial charge in [0.2, 0.25) is 6.79 Å². The van der Waals surface area contributed by atoms with Gasteiger partial charge in [-0.25, -0.2) is 0 Å². The van der Waals surface area contributed by atoms with Crippen LogP contribution in [0.2, 0.25) is 0 Å². The Hall–Kier alpha value is -1.26. The molecule has 1 unspecified atom stereocenters. The first-order valence-electron chi connectivity index (χ1n) is 7.04. The minimum absolute atomic E-state index is 0.268. The molecule has 1 aliphatic rings. The fourth-order valence-corrected chi connectivity index (χ4v) is 2.48. The number of para-hydroxylation sites is 1. The van der Waals surface area contributed by atoms with Crippen molar-refractivity contribution in [3.8, 4) is 11.5 Å². The number of rotatable bonds is 8. The number of aliphatic hydroxyl groups is 1. The molecular formula is C15H23NO3. The van der Waals surface area contributed by atoms with Crippen molar-refractivity contribution in [2.24, 2.45) is 5.92 Å². The van der Waals surface area contributed by atoms with Gasteiger partial charge in [0, 0.05) is 18.7 Å². The van der Waals surface area contributed by atoms with Gasteiger partial charge in [-0.15, -0.1) is 0 Å². The first-order valence-corrected chi connectivity index (χ1v) is 7.04. The second-order valence-electron chi connectivity index (χ2n) is 4.95. The van der Waals surface area contributed by atoms with Crippen LogP contribution in [0, 0.1) is 5.92 Å². The molecule has 4 heteroatoms. The number of hydrogen-bond acceptors (Lipinski definition) is 4. The molecule has 0 amide bonds. The fourth-order valence-electron chi connectivity index (χ4n) is 2.48. The highest BCUT2D eigenvalue weighted by Gasteiger charge is 2.17. The quantitative estimate of drug-likeness (QED) is 0.757. The van der Waals surface area contributed by atoms with E-state index in [4.69, 9.17) is 14.6 Å². The Kier molecular flexibility index (Phi) is 5.48. The van der Waals surface area contributed by atoms with Gasteiger partial charge in [-0.3, -0.25) is 0 Å². The molecule has 2 N–H and O–H groups in total. The number of benzene rings is 1. The minimum Gasteiger partial charge on any atom is -0.454 e. The molecule has 1 aromatic carbocycles. The van der Waals surface area contributed by atoms with Crippen molar-refractivity contribution in [1.82, 2.24) is 5.32 Å². The lowest BCUT2D eigenvalue weighted by atomic mass is 10.00. The highest BCUT2D eigenvalue weighted by molar-refractivity contribution is 5.48. The van der Waals surface area contributed by atoms with Crippen LogP contribution in [0.25, 0.3) is 0 Å². The van der Waals surface area contributed by atoms with Crippen molar-refractivity contribution in [2.75, 3.05) is 19.9 Å². The lowest BCUT2D eigenvalue weighted by Gasteiger charge is -2.16. The van der Waals surface area contributed by atoms with Crippen LogP contribution in [-0.2, 0) is 6.54 Å². The van der Waals surface area contributed by atoms with E-state index in [1.807, 2.05) is 12.1 Å². The highest BCUT2D eigenvalue weighted by Crippen LogP contribution is 2.35. The molecule has 0 aromatic heterocycles. The Morgan fingerprint density at radius 3 is 3.00 bits per heavy atom. The molecule has 1 aromatic rings. The zero-order valence-corrected chi connectivity index (χ0v) is 11.5. The number of fused-ring (bicyclic) bond motifs is 1. The van der Waals surface area contributed by atoms with Crippen molar-refractivity contribution in [1.29, 1.82) is 0 Å². The number of aliphatic hydroxyl groups excluding tert-OH is 1. The first-order chi connectivity index (χ1) is 9.35. The predicted molar refractivity (Wildman–Crippen MR) is 74.4 cm³/mol. The zero-order chi connectivity index (χ0) is 13.5. The Bertz CT molecular complexity index is 389. The summed E-state index contributed by atoms with van der Waals surface area (Å²) < 4.78 is 10.8. The minimum atomic E-state index is 0.268. The van der Waals surface area contributed by atoms with Crippen LogP contribution < -0.4 is 14.8 Å². The van der Waals surface area contributed by atoms with Gasteiger partial charge in [-0.1, -0.05) is 25.5 Å². The lowest BCUT2D eigenvalue weighted by molar-refractivity contribution is 0.173. The average molecular weight is 265 g/mol. The maximum Gasteiger partial charge on any atom is 0.231 e. The number of nitrogens with one attached hydrogen (secondary N) is 1. The van der Waals surface area contributed by atoms with Gasteiger partial charge < -0.3 is 19.9 Å². The molecule has 0 radical (unpaired) electrons. The van der Waals surface area contributed by atoms with Crippen molar-refractivity contribution in [3.63, 3.8) is 0 Å². The van der Waals surface area contributed by atoms with Gasteiger partial charge in [0.15, 0.2) is 11.5 Å². The second kappa shape index (κ2) is 7.36. The maximum atomic E-state index is 9.04.